The molecule has 0 aliphatic carbocycles. The van der Waals surface area contributed by atoms with Crippen LogP contribution < -0.4 is 0 Å². The van der Waals surface area contributed by atoms with Crippen molar-refractivity contribution in [1.29, 1.82) is 0 Å². The molecule has 0 saturated carbocycles. The average Bonchev–Trinajstić information content (AvgIpc) is 2.94. The largest absolute Gasteiger partial charge is 0.479 e. The molecule has 0 heterocycles. The van der Waals surface area contributed by atoms with E-state index >= 15 is 0 Å². The average molecular weight is 522 g/mol. The molecule has 0 aliphatic heterocycles. The van der Waals surface area contributed by atoms with E-state index in [4.69, 9.17) is 4.99 Å². The number of benzene rings is 4. The van der Waals surface area contributed by atoms with Gasteiger partial charge in [0.15, 0.2) is 11.3 Å². The molecule has 4 rings (SSSR count). The van der Waals surface area contributed by atoms with Gasteiger partial charge in [0.1, 0.15) is 5.82 Å². The maximum absolute atomic E-state index is 14.0. The third-order valence-electron chi connectivity index (χ3n) is 7.11. The zero-order chi connectivity index (χ0) is 28.0. The first-order valence-electron chi connectivity index (χ1n) is 12.9. The molecular weight excluding hydrogens is 489 g/mol. The number of hydrogen-bond acceptors (Lipinski definition) is 3. The molecule has 39 heavy (non-hydrogen) atoms. The molecule has 0 fully saturated rings. The number of aliphatic carboxylic acids is 1. The molecule has 0 spiro atoms. The van der Waals surface area contributed by atoms with Gasteiger partial charge in [-0.15, -0.1) is 0 Å². The Hall–Kier alpha value is -4.38. The minimum Gasteiger partial charge on any atom is -0.479 e. The lowest BCUT2D eigenvalue weighted by Crippen LogP contribution is -2.54. The van der Waals surface area contributed by atoms with Crippen LogP contribution in [0.4, 0.5) is 4.39 Å². The predicted octanol–water partition coefficient (Wildman–Crippen LogP) is 7.59. The second-order valence-electron chi connectivity index (χ2n) is 10.6. The van der Waals surface area contributed by atoms with Crippen molar-refractivity contribution in [3.8, 4) is 0 Å². The highest BCUT2D eigenvalue weighted by atomic mass is 19.1. The maximum Gasteiger partial charge on any atom is 0.332 e. The van der Waals surface area contributed by atoms with Gasteiger partial charge < -0.3 is 5.11 Å². The van der Waals surface area contributed by atoms with E-state index in [9.17, 15) is 19.1 Å². The molecule has 4 aromatic carbocycles. The van der Waals surface area contributed by atoms with Crippen LogP contribution in [0.2, 0.25) is 0 Å². The summed E-state index contributed by atoms with van der Waals surface area (Å²) in [5, 5.41) is 11.1. The molecule has 5 heteroatoms. The number of carboxylic acid groups (broad SMARTS) is 1. The molecule has 4 aromatic rings. The van der Waals surface area contributed by atoms with Crippen molar-refractivity contribution in [3.63, 3.8) is 0 Å². The Balaban J connectivity index is 2.03. The Bertz CT molecular complexity index is 1400. The minimum atomic E-state index is -1.80. The van der Waals surface area contributed by atoms with E-state index in [1.54, 1.807) is 36.4 Å². The SMILES string of the molecule is CC(C)(C)[C@@](N=C(c1ccccc1)c1ccccc1)(C(=O)O)[C@@H](CC(=O)c1ccccc1)c1ccc(F)cc1. The summed E-state index contributed by atoms with van der Waals surface area (Å²) in [5.41, 5.74) is 0.278. The first-order valence-corrected chi connectivity index (χ1v) is 12.9. The number of nitrogens with zero attached hydrogens (tertiary/aromatic N) is 1. The van der Waals surface area contributed by atoms with E-state index in [0.717, 1.165) is 11.1 Å². The summed E-state index contributed by atoms with van der Waals surface area (Å²) >= 11 is 0. The van der Waals surface area contributed by atoms with Gasteiger partial charge in [-0.25, -0.2) is 9.18 Å². The second kappa shape index (κ2) is 11.6. The summed E-state index contributed by atoms with van der Waals surface area (Å²) < 4.78 is 14.0. The quantitative estimate of drug-likeness (QED) is 0.182. The molecule has 0 saturated heterocycles. The van der Waals surface area contributed by atoms with E-state index in [0.29, 0.717) is 16.8 Å². The molecule has 1 N–H and O–H groups in total. The van der Waals surface area contributed by atoms with Crippen LogP contribution in [0.15, 0.2) is 120 Å². The van der Waals surface area contributed by atoms with Crippen molar-refractivity contribution >= 4 is 17.5 Å². The Kier molecular flexibility index (Phi) is 8.20. The molecule has 0 amide bonds. The summed E-state index contributed by atoms with van der Waals surface area (Å²) in [6.07, 6.45) is -0.125. The van der Waals surface area contributed by atoms with E-state index in [2.05, 4.69) is 0 Å². The predicted molar refractivity (Wildman–Crippen MR) is 153 cm³/mol. The van der Waals surface area contributed by atoms with Crippen LogP contribution in [0.1, 0.15) is 60.2 Å². The van der Waals surface area contributed by atoms with Crippen LogP contribution in [0.5, 0.6) is 0 Å². The van der Waals surface area contributed by atoms with Gasteiger partial charge in [-0.1, -0.05) is 124 Å². The number of hydrogen-bond donors (Lipinski definition) is 1. The second-order valence-corrected chi connectivity index (χ2v) is 10.6. The van der Waals surface area contributed by atoms with Gasteiger partial charge in [0.25, 0.3) is 0 Å². The fraction of sp³-hybridized carbons (Fsp3) is 0.206. The topological polar surface area (TPSA) is 66.7 Å². The first-order chi connectivity index (χ1) is 18.6. The van der Waals surface area contributed by atoms with Gasteiger partial charge >= 0.3 is 5.97 Å². The summed E-state index contributed by atoms with van der Waals surface area (Å²) in [7, 11) is 0. The minimum absolute atomic E-state index is 0.125. The molecular formula is C34H32FNO3. The number of Topliss-reactive ketones (excluding diaryl/α,β-unsaturated/α-hetero) is 1. The Morgan fingerprint density at radius 3 is 1.56 bits per heavy atom. The first kappa shape index (κ1) is 27.6. The van der Waals surface area contributed by atoms with E-state index < -0.39 is 28.7 Å². The van der Waals surface area contributed by atoms with Crippen LogP contribution in [-0.4, -0.2) is 28.1 Å². The van der Waals surface area contributed by atoms with E-state index in [1.807, 2.05) is 87.5 Å². The molecule has 0 aromatic heterocycles. The van der Waals surface area contributed by atoms with Crippen LogP contribution in [0.25, 0.3) is 0 Å². The number of ketones is 1. The number of rotatable bonds is 9. The van der Waals surface area contributed by atoms with Crippen molar-refractivity contribution in [2.75, 3.05) is 0 Å². The van der Waals surface area contributed by atoms with Gasteiger partial charge in [0.2, 0.25) is 0 Å². The van der Waals surface area contributed by atoms with Crippen molar-refractivity contribution in [3.05, 3.63) is 143 Å². The highest BCUT2D eigenvalue weighted by Gasteiger charge is 2.56. The zero-order valence-electron chi connectivity index (χ0n) is 22.3. The fourth-order valence-electron chi connectivity index (χ4n) is 5.08. The molecule has 4 nitrogen and oxygen atoms in total. The zero-order valence-corrected chi connectivity index (χ0v) is 22.3. The highest BCUT2D eigenvalue weighted by molar-refractivity contribution is 6.14. The summed E-state index contributed by atoms with van der Waals surface area (Å²) in [6, 6.07) is 33.4. The van der Waals surface area contributed by atoms with Crippen molar-refractivity contribution in [2.45, 2.75) is 38.6 Å². The number of carbonyl (C=O) groups is 2. The Morgan fingerprint density at radius 2 is 1.15 bits per heavy atom. The maximum atomic E-state index is 14.0. The van der Waals surface area contributed by atoms with Crippen LogP contribution >= 0.6 is 0 Å². The van der Waals surface area contributed by atoms with Gasteiger partial charge in [-0.3, -0.25) is 9.79 Å². The van der Waals surface area contributed by atoms with Crippen LogP contribution in [0, 0.1) is 11.2 Å². The summed E-state index contributed by atoms with van der Waals surface area (Å²) in [6.45, 7) is 5.46. The normalized spacial score (nSPS) is 13.6. The lowest BCUT2D eigenvalue weighted by molar-refractivity contribution is -0.149. The van der Waals surface area contributed by atoms with Crippen LogP contribution in [0.3, 0.4) is 0 Å². The van der Waals surface area contributed by atoms with Crippen LogP contribution in [-0.2, 0) is 4.79 Å². The van der Waals surface area contributed by atoms with Gasteiger partial charge in [0.05, 0.1) is 5.71 Å². The van der Waals surface area contributed by atoms with Crippen molar-refractivity contribution < 1.29 is 19.1 Å². The smallest absolute Gasteiger partial charge is 0.332 e. The number of carbonyl (C=O) groups excluding carboxylic acids is 1. The monoisotopic (exact) mass is 521 g/mol. The Morgan fingerprint density at radius 1 is 0.718 bits per heavy atom. The molecule has 198 valence electrons. The van der Waals surface area contributed by atoms with Gasteiger partial charge in [-0.2, -0.15) is 0 Å². The van der Waals surface area contributed by atoms with E-state index in [-0.39, 0.29) is 12.2 Å². The van der Waals surface area contributed by atoms with Gasteiger partial charge in [0, 0.05) is 29.0 Å². The Labute approximate surface area is 228 Å². The molecule has 0 aliphatic rings. The van der Waals surface area contributed by atoms with Gasteiger partial charge in [-0.05, 0) is 23.1 Å². The third kappa shape index (κ3) is 5.88. The van der Waals surface area contributed by atoms with Crippen molar-refractivity contribution in [1.82, 2.24) is 0 Å². The number of aliphatic imine (C=N–C) groups is 1. The third-order valence-corrected chi connectivity index (χ3v) is 7.11. The lowest BCUT2D eigenvalue weighted by Gasteiger charge is -2.44. The number of halogens is 1. The van der Waals surface area contributed by atoms with Crippen molar-refractivity contribution in [2.24, 2.45) is 10.4 Å². The standard InChI is InChI=1S/C34H32FNO3/c1-33(2,3)34(32(38)39,36-31(26-15-9-5-10-16-26)27-17-11-6-12-18-27)29(24-19-21-28(35)22-20-24)23-30(37)25-13-7-4-8-14-25/h4-22,29H,23H2,1-3H3,(H,38,39)/t29-,34-/m0/s1. The highest BCUT2D eigenvalue weighted by Crippen LogP contribution is 2.48. The lowest BCUT2D eigenvalue weighted by atomic mass is 9.62. The summed E-state index contributed by atoms with van der Waals surface area (Å²) in [5.74, 6) is -2.71. The molecule has 2 atom stereocenters. The summed E-state index contributed by atoms with van der Waals surface area (Å²) in [4.78, 5) is 32.3. The van der Waals surface area contributed by atoms with E-state index in [1.165, 1.54) is 12.1 Å². The fourth-order valence-corrected chi connectivity index (χ4v) is 5.08. The molecule has 0 radical (unpaired) electrons. The molecule has 0 bridgehead atoms. The molecule has 0 unspecified atom stereocenters. The number of carboxylic acids is 1.